The van der Waals surface area contributed by atoms with Gasteiger partial charge in [-0.25, -0.2) is 9.78 Å². The lowest BCUT2D eigenvalue weighted by Gasteiger charge is -2.04. The Morgan fingerprint density at radius 1 is 1.64 bits per heavy atom. The summed E-state index contributed by atoms with van der Waals surface area (Å²) in [6, 6.07) is 3.00. The van der Waals surface area contributed by atoms with E-state index in [9.17, 15) is 4.79 Å². The number of aromatic nitrogens is 1. The van der Waals surface area contributed by atoms with E-state index in [-0.39, 0.29) is 5.69 Å². The molecule has 0 saturated heterocycles. The predicted octanol–water partition coefficient (Wildman–Crippen LogP) is 0.378. The molecule has 0 saturated carbocycles. The first-order valence-electron chi connectivity index (χ1n) is 4.21. The molecule has 1 aromatic rings. The first-order valence-corrected chi connectivity index (χ1v) is 4.21. The summed E-state index contributed by atoms with van der Waals surface area (Å²) in [6.07, 6.45) is 1.40. The average molecular weight is 196 g/mol. The molecule has 5 heteroatoms. The Hall–Kier alpha value is -1.62. The van der Waals surface area contributed by atoms with E-state index >= 15 is 0 Å². The van der Waals surface area contributed by atoms with E-state index in [1.807, 2.05) is 7.05 Å². The number of pyridine rings is 1. The fraction of sp³-hybridized carbons (Fsp3) is 0.333. The molecule has 0 aromatic carbocycles. The average Bonchev–Trinajstić information content (AvgIpc) is 2.19. The SMILES string of the molecule is CNCCOc1ccc(C(=O)O)nc1. The molecule has 5 nitrogen and oxygen atoms in total. The third-order valence-electron chi connectivity index (χ3n) is 1.58. The molecule has 0 aliphatic heterocycles. The quantitative estimate of drug-likeness (QED) is 0.666. The maximum atomic E-state index is 10.5. The minimum atomic E-state index is -1.04. The third-order valence-corrected chi connectivity index (χ3v) is 1.58. The van der Waals surface area contributed by atoms with Gasteiger partial charge in [0, 0.05) is 6.54 Å². The Labute approximate surface area is 81.7 Å². The number of nitrogens with zero attached hydrogens (tertiary/aromatic N) is 1. The molecule has 0 radical (unpaired) electrons. The van der Waals surface area contributed by atoms with Crippen molar-refractivity contribution in [1.29, 1.82) is 0 Å². The summed E-state index contributed by atoms with van der Waals surface area (Å²) < 4.78 is 5.26. The smallest absolute Gasteiger partial charge is 0.354 e. The number of nitrogens with one attached hydrogen (secondary N) is 1. The van der Waals surface area contributed by atoms with E-state index in [1.54, 1.807) is 6.07 Å². The van der Waals surface area contributed by atoms with Crippen LogP contribution in [0.3, 0.4) is 0 Å². The van der Waals surface area contributed by atoms with Crippen molar-refractivity contribution in [3.8, 4) is 5.75 Å². The van der Waals surface area contributed by atoms with Crippen LogP contribution in [0.2, 0.25) is 0 Å². The third kappa shape index (κ3) is 3.02. The van der Waals surface area contributed by atoms with Gasteiger partial charge in [-0.3, -0.25) is 0 Å². The van der Waals surface area contributed by atoms with Crippen molar-refractivity contribution >= 4 is 5.97 Å². The predicted molar refractivity (Wildman–Crippen MR) is 50.6 cm³/mol. The van der Waals surface area contributed by atoms with Crippen LogP contribution in [0.15, 0.2) is 18.3 Å². The van der Waals surface area contributed by atoms with Crippen molar-refractivity contribution < 1.29 is 14.6 Å². The molecule has 0 spiro atoms. The summed E-state index contributed by atoms with van der Waals surface area (Å²) in [5.41, 5.74) is 0.0194. The Balaban J connectivity index is 2.51. The molecule has 1 heterocycles. The Bertz CT molecular complexity index is 297. The van der Waals surface area contributed by atoms with Crippen LogP contribution in [0, 0.1) is 0 Å². The number of hydrogen-bond donors (Lipinski definition) is 2. The summed E-state index contributed by atoms with van der Waals surface area (Å²) in [6.45, 7) is 1.27. The molecule has 2 N–H and O–H groups in total. The minimum Gasteiger partial charge on any atom is -0.491 e. The van der Waals surface area contributed by atoms with Crippen molar-refractivity contribution in [3.63, 3.8) is 0 Å². The number of carboxylic acids is 1. The van der Waals surface area contributed by atoms with Gasteiger partial charge in [0.05, 0.1) is 6.20 Å². The molecular weight excluding hydrogens is 184 g/mol. The van der Waals surface area contributed by atoms with Gasteiger partial charge >= 0.3 is 5.97 Å². The van der Waals surface area contributed by atoms with E-state index in [0.717, 1.165) is 6.54 Å². The second-order valence-corrected chi connectivity index (χ2v) is 2.64. The summed E-state index contributed by atoms with van der Waals surface area (Å²) in [4.78, 5) is 14.2. The molecule has 14 heavy (non-hydrogen) atoms. The summed E-state index contributed by atoms with van der Waals surface area (Å²) in [5.74, 6) is -0.461. The first-order chi connectivity index (χ1) is 6.74. The fourth-order valence-corrected chi connectivity index (χ4v) is 0.863. The highest BCUT2D eigenvalue weighted by Crippen LogP contribution is 2.08. The zero-order valence-electron chi connectivity index (χ0n) is 7.86. The van der Waals surface area contributed by atoms with Gasteiger partial charge in [-0.05, 0) is 19.2 Å². The molecule has 1 aromatic heterocycles. The molecule has 0 amide bonds. The Kier molecular flexibility index (Phi) is 3.87. The lowest BCUT2D eigenvalue weighted by Crippen LogP contribution is -2.16. The molecule has 0 unspecified atom stereocenters. The number of aromatic carboxylic acids is 1. The van der Waals surface area contributed by atoms with Gasteiger partial charge in [0.25, 0.3) is 0 Å². The minimum absolute atomic E-state index is 0.0194. The molecule has 0 aliphatic carbocycles. The van der Waals surface area contributed by atoms with Crippen molar-refractivity contribution in [2.75, 3.05) is 20.2 Å². The number of hydrogen-bond acceptors (Lipinski definition) is 4. The summed E-state index contributed by atoms with van der Waals surface area (Å²) in [7, 11) is 1.83. The van der Waals surface area contributed by atoms with Crippen LogP contribution in [-0.4, -0.2) is 36.3 Å². The lowest BCUT2D eigenvalue weighted by molar-refractivity contribution is 0.0690. The van der Waals surface area contributed by atoms with Gasteiger partial charge in [0.1, 0.15) is 18.1 Å². The van der Waals surface area contributed by atoms with Crippen LogP contribution in [0.4, 0.5) is 0 Å². The van der Waals surface area contributed by atoms with Crippen LogP contribution < -0.4 is 10.1 Å². The number of ether oxygens (including phenoxy) is 1. The Morgan fingerprint density at radius 2 is 2.43 bits per heavy atom. The maximum Gasteiger partial charge on any atom is 0.354 e. The molecule has 0 aliphatic rings. The molecule has 0 atom stereocenters. The number of likely N-dealkylation sites (N-methyl/N-ethyl adjacent to an activating group) is 1. The van der Waals surface area contributed by atoms with Crippen molar-refractivity contribution in [2.45, 2.75) is 0 Å². The molecular formula is C9H12N2O3. The zero-order chi connectivity index (χ0) is 10.4. The normalized spacial score (nSPS) is 9.79. The monoisotopic (exact) mass is 196 g/mol. The van der Waals surface area contributed by atoms with Crippen LogP contribution in [-0.2, 0) is 0 Å². The highest BCUT2D eigenvalue weighted by molar-refractivity contribution is 5.85. The van der Waals surface area contributed by atoms with Crippen LogP contribution in [0.25, 0.3) is 0 Å². The second kappa shape index (κ2) is 5.18. The van der Waals surface area contributed by atoms with E-state index in [4.69, 9.17) is 9.84 Å². The van der Waals surface area contributed by atoms with Crippen molar-refractivity contribution in [3.05, 3.63) is 24.0 Å². The molecule has 0 fully saturated rings. The topological polar surface area (TPSA) is 71.5 Å². The van der Waals surface area contributed by atoms with E-state index in [0.29, 0.717) is 12.4 Å². The van der Waals surface area contributed by atoms with Gasteiger partial charge in [-0.1, -0.05) is 0 Å². The highest BCUT2D eigenvalue weighted by Gasteiger charge is 2.03. The van der Waals surface area contributed by atoms with E-state index < -0.39 is 5.97 Å². The fourth-order valence-electron chi connectivity index (χ4n) is 0.863. The van der Waals surface area contributed by atoms with Gasteiger partial charge < -0.3 is 15.2 Å². The van der Waals surface area contributed by atoms with Gasteiger partial charge in [0.2, 0.25) is 0 Å². The zero-order valence-corrected chi connectivity index (χ0v) is 7.86. The number of carbonyl (C=O) groups is 1. The maximum absolute atomic E-state index is 10.5. The first kappa shape index (κ1) is 10.5. The summed E-state index contributed by atoms with van der Waals surface area (Å²) in [5, 5.41) is 11.5. The highest BCUT2D eigenvalue weighted by atomic mass is 16.5. The second-order valence-electron chi connectivity index (χ2n) is 2.64. The largest absolute Gasteiger partial charge is 0.491 e. The van der Waals surface area contributed by atoms with E-state index in [1.165, 1.54) is 12.3 Å². The van der Waals surface area contributed by atoms with Crippen molar-refractivity contribution in [2.24, 2.45) is 0 Å². The van der Waals surface area contributed by atoms with Crippen molar-refractivity contribution in [1.82, 2.24) is 10.3 Å². The summed E-state index contributed by atoms with van der Waals surface area (Å²) >= 11 is 0. The van der Waals surface area contributed by atoms with Crippen LogP contribution in [0.5, 0.6) is 5.75 Å². The standard InChI is InChI=1S/C9H12N2O3/c1-10-4-5-14-7-2-3-8(9(12)13)11-6-7/h2-3,6,10H,4-5H2,1H3,(H,12,13). The van der Waals surface area contributed by atoms with Gasteiger partial charge in [0.15, 0.2) is 0 Å². The lowest BCUT2D eigenvalue weighted by atomic mass is 10.3. The Morgan fingerprint density at radius 3 is 2.93 bits per heavy atom. The van der Waals surface area contributed by atoms with E-state index in [2.05, 4.69) is 10.3 Å². The molecule has 1 rings (SSSR count). The van der Waals surface area contributed by atoms with Crippen LogP contribution in [0.1, 0.15) is 10.5 Å². The molecule has 0 bridgehead atoms. The molecule has 76 valence electrons. The van der Waals surface area contributed by atoms with Gasteiger partial charge in [-0.15, -0.1) is 0 Å². The number of rotatable bonds is 5. The van der Waals surface area contributed by atoms with Crippen LogP contribution >= 0.6 is 0 Å². The number of carboxylic acid groups (broad SMARTS) is 1. The van der Waals surface area contributed by atoms with Gasteiger partial charge in [-0.2, -0.15) is 0 Å².